The van der Waals surface area contributed by atoms with Crippen molar-refractivity contribution in [3.05, 3.63) is 0 Å². The second-order valence-electron chi connectivity index (χ2n) is 3.36. The Bertz CT molecular complexity index is 227. The maximum Gasteiger partial charge on any atom is 0.321 e. The summed E-state index contributed by atoms with van der Waals surface area (Å²) >= 11 is 0. The molecular weight excluding hydrogens is 172 g/mol. The van der Waals surface area contributed by atoms with Crippen molar-refractivity contribution in [3.63, 3.8) is 0 Å². The number of ketones is 1. The fraction of sp³-hybridized carbons (Fsp3) is 0.750. The maximum absolute atomic E-state index is 11.4. The highest BCUT2D eigenvalue weighted by Crippen LogP contribution is 2.17. The summed E-state index contributed by atoms with van der Waals surface area (Å²) in [6.45, 7) is 2.15. The van der Waals surface area contributed by atoms with Gasteiger partial charge in [-0.2, -0.15) is 0 Å². The van der Waals surface area contributed by atoms with Gasteiger partial charge in [0.15, 0.2) is 5.78 Å². The van der Waals surface area contributed by atoms with Gasteiger partial charge in [-0.25, -0.2) is 0 Å². The van der Waals surface area contributed by atoms with Crippen LogP contribution in [0.1, 0.15) is 13.3 Å². The quantitative estimate of drug-likeness (QED) is 0.524. The lowest BCUT2D eigenvalue weighted by Crippen LogP contribution is -2.43. The van der Waals surface area contributed by atoms with Gasteiger partial charge in [0.25, 0.3) is 0 Å². The molecule has 0 spiro atoms. The third kappa shape index (κ3) is 2.05. The minimum absolute atomic E-state index is 0.169. The first kappa shape index (κ1) is 10.1. The van der Waals surface area contributed by atoms with Crippen LogP contribution in [0.3, 0.4) is 0 Å². The van der Waals surface area contributed by atoms with E-state index in [0.717, 1.165) is 0 Å². The van der Waals surface area contributed by atoms with Gasteiger partial charge in [-0.3, -0.25) is 9.59 Å². The lowest BCUT2D eigenvalue weighted by atomic mass is 9.92. The molecule has 1 aliphatic heterocycles. The summed E-state index contributed by atoms with van der Waals surface area (Å²) in [6.07, 6.45) is 0.567. The van der Waals surface area contributed by atoms with Gasteiger partial charge in [0.1, 0.15) is 6.04 Å². The predicted molar refractivity (Wildman–Crippen MR) is 46.2 cm³/mol. The third-order valence-electron chi connectivity index (χ3n) is 2.30. The van der Waals surface area contributed by atoms with Gasteiger partial charge in [0, 0.05) is 5.92 Å². The fourth-order valence-corrected chi connectivity index (χ4v) is 1.61. The Morgan fingerprint density at radius 2 is 2.23 bits per heavy atom. The van der Waals surface area contributed by atoms with Crippen LogP contribution in [0, 0.1) is 5.92 Å². The molecule has 1 aliphatic rings. The number of hydrogen-bond donors (Lipinski definition) is 3. The fourth-order valence-electron chi connectivity index (χ4n) is 1.61. The van der Waals surface area contributed by atoms with Crippen LogP contribution in [-0.4, -0.2) is 35.5 Å². The van der Waals surface area contributed by atoms with Gasteiger partial charge in [0.2, 0.25) is 0 Å². The first-order valence-corrected chi connectivity index (χ1v) is 4.29. The van der Waals surface area contributed by atoms with Crippen molar-refractivity contribution < 1.29 is 14.7 Å². The zero-order valence-corrected chi connectivity index (χ0v) is 7.49. The molecule has 13 heavy (non-hydrogen) atoms. The molecule has 1 unspecified atom stereocenters. The summed E-state index contributed by atoms with van der Waals surface area (Å²) in [5.41, 5.74) is 5.41. The van der Waals surface area contributed by atoms with Crippen LogP contribution in [-0.2, 0) is 9.59 Å². The summed E-state index contributed by atoms with van der Waals surface area (Å²) in [5.74, 6) is -1.61. The van der Waals surface area contributed by atoms with E-state index in [1.54, 1.807) is 6.92 Å². The monoisotopic (exact) mass is 186 g/mol. The van der Waals surface area contributed by atoms with Crippen LogP contribution in [0.2, 0.25) is 0 Å². The van der Waals surface area contributed by atoms with E-state index in [9.17, 15) is 9.59 Å². The molecule has 0 amide bonds. The van der Waals surface area contributed by atoms with Crippen molar-refractivity contribution >= 4 is 11.8 Å². The van der Waals surface area contributed by atoms with Crippen molar-refractivity contribution in [2.45, 2.75) is 25.4 Å². The van der Waals surface area contributed by atoms with Crippen molar-refractivity contribution in [2.24, 2.45) is 11.7 Å². The Labute approximate surface area is 76.3 Å². The van der Waals surface area contributed by atoms with E-state index < -0.39 is 24.0 Å². The number of hydrogen-bond acceptors (Lipinski definition) is 4. The Balaban J connectivity index is 2.68. The molecule has 0 radical (unpaired) electrons. The van der Waals surface area contributed by atoms with Crippen molar-refractivity contribution in [3.8, 4) is 0 Å². The van der Waals surface area contributed by atoms with Gasteiger partial charge < -0.3 is 16.2 Å². The normalized spacial score (nSPS) is 30.0. The summed E-state index contributed by atoms with van der Waals surface area (Å²) < 4.78 is 0. The van der Waals surface area contributed by atoms with Crippen molar-refractivity contribution in [1.82, 2.24) is 5.32 Å². The average molecular weight is 186 g/mol. The number of Topliss-reactive ketones (excluding diaryl/α,β-unsaturated/α-hetero) is 1. The standard InChI is InChI=1S/C8H14N2O3/c1-4(9)7(11)5-2-3-10-6(5)8(12)13/h4-6,10H,2-3,9H2,1H3,(H,12,13)/t4-,5?,6-/m0/s1. The molecule has 0 aliphatic carbocycles. The van der Waals surface area contributed by atoms with E-state index in [1.807, 2.05) is 0 Å². The summed E-state index contributed by atoms with van der Waals surface area (Å²) in [4.78, 5) is 22.1. The molecule has 1 saturated heterocycles. The van der Waals surface area contributed by atoms with Gasteiger partial charge in [-0.05, 0) is 19.9 Å². The predicted octanol–water partition coefficient (Wildman–Crippen LogP) is -1.03. The van der Waals surface area contributed by atoms with Crippen LogP contribution in [0.4, 0.5) is 0 Å². The first-order valence-electron chi connectivity index (χ1n) is 4.29. The molecule has 0 aromatic rings. The molecule has 1 rings (SSSR count). The number of nitrogens with two attached hydrogens (primary N) is 1. The topological polar surface area (TPSA) is 92.4 Å². The molecule has 74 valence electrons. The minimum atomic E-state index is -0.975. The first-order chi connectivity index (χ1) is 6.04. The van der Waals surface area contributed by atoms with Crippen LogP contribution in [0.5, 0.6) is 0 Å². The molecule has 5 heteroatoms. The van der Waals surface area contributed by atoms with Gasteiger partial charge >= 0.3 is 5.97 Å². The van der Waals surface area contributed by atoms with Crippen LogP contribution >= 0.6 is 0 Å². The molecule has 1 fully saturated rings. The largest absolute Gasteiger partial charge is 0.480 e. The average Bonchev–Trinajstić information content (AvgIpc) is 2.50. The van der Waals surface area contributed by atoms with Crippen molar-refractivity contribution in [1.29, 1.82) is 0 Å². The molecular formula is C8H14N2O3. The Morgan fingerprint density at radius 3 is 2.69 bits per heavy atom. The molecule has 0 aromatic carbocycles. The summed E-state index contributed by atoms with van der Waals surface area (Å²) in [5, 5.41) is 11.5. The second-order valence-corrected chi connectivity index (χ2v) is 3.36. The van der Waals surface area contributed by atoms with Crippen LogP contribution < -0.4 is 11.1 Å². The third-order valence-corrected chi connectivity index (χ3v) is 2.30. The molecule has 5 nitrogen and oxygen atoms in total. The number of aliphatic carboxylic acids is 1. The minimum Gasteiger partial charge on any atom is -0.480 e. The number of carbonyl (C=O) groups is 2. The van der Waals surface area contributed by atoms with Crippen LogP contribution in [0.15, 0.2) is 0 Å². The zero-order chi connectivity index (χ0) is 10.0. The Hall–Kier alpha value is -0.940. The number of carboxylic acid groups (broad SMARTS) is 1. The lowest BCUT2D eigenvalue weighted by molar-refractivity contribution is -0.142. The maximum atomic E-state index is 11.4. The number of carbonyl (C=O) groups excluding carboxylic acids is 1. The molecule has 0 aromatic heterocycles. The SMILES string of the molecule is C[C@H](N)C(=O)C1CCN[C@@H]1C(=O)O. The van der Waals surface area contributed by atoms with E-state index >= 15 is 0 Å². The van der Waals surface area contributed by atoms with E-state index in [0.29, 0.717) is 13.0 Å². The number of rotatable bonds is 3. The molecule has 4 N–H and O–H groups in total. The van der Waals surface area contributed by atoms with Crippen molar-refractivity contribution in [2.75, 3.05) is 6.54 Å². The Morgan fingerprint density at radius 1 is 1.62 bits per heavy atom. The highest BCUT2D eigenvalue weighted by atomic mass is 16.4. The molecule has 0 saturated carbocycles. The molecule has 0 bridgehead atoms. The number of nitrogens with one attached hydrogen (secondary N) is 1. The summed E-state index contributed by atoms with van der Waals surface area (Å²) in [7, 11) is 0. The molecule has 3 atom stereocenters. The van der Waals surface area contributed by atoms with Crippen LogP contribution in [0.25, 0.3) is 0 Å². The van der Waals surface area contributed by atoms with E-state index in [4.69, 9.17) is 10.8 Å². The lowest BCUT2D eigenvalue weighted by Gasteiger charge is -2.15. The van der Waals surface area contributed by atoms with E-state index in [1.165, 1.54) is 0 Å². The Kier molecular flexibility index (Phi) is 3.00. The van der Waals surface area contributed by atoms with Gasteiger partial charge in [-0.15, -0.1) is 0 Å². The summed E-state index contributed by atoms with van der Waals surface area (Å²) in [6, 6.07) is -1.33. The van der Waals surface area contributed by atoms with Gasteiger partial charge in [0.05, 0.1) is 6.04 Å². The highest BCUT2D eigenvalue weighted by Gasteiger charge is 2.38. The van der Waals surface area contributed by atoms with E-state index in [-0.39, 0.29) is 5.78 Å². The molecule has 1 heterocycles. The van der Waals surface area contributed by atoms with E-state index in [2.05, 4.69) is 5.32 Å². The van der Waals surface area contributed by atoms with Gasteiger partial charge in [-0.1, -0.05) is 0 Å². The smallest absolute Gasteiger partial charge is 0.321 e. The zero-order valence-electron chi connectivity index (χ0n) is 7.49. The highest BCUT2D eigenvalue weighted by molar-refractivity contribution is 5.91. The second kappa shape index (κ2) is 3.85. The number of carboxylic acids is 1.